The monoisotopic (exact) mass is 477 g/mol. The van der Waals surface area contributed by atoms with Crippen LogP contribution in [0.4, 0.5) is 22.0 Å². The van der Waals surface area contributed by atoms with Crippen molar-refractivity contribution in [3.63, 3.8) is 0 Å². The van der Waals surface area contributed by atoms with Crippen molar-refractivity contribution in [2.24, 2.45) is 0 Å². The predicted octanol–water partition coefficient (Wildman–Crippen LogP) is 5.44. The summed E-state index contributed by atoms with van der Waals surface area (Å²) in [6, 6.07) is 10.6. The summed E-state index contributed by atoms with van der Waals surface area (Å²) in [5, 5.41) is 5.71. The predicted molar refractivity (Wildman–Crippen MR) is 118 cm³/mol. The summed E-state index contributed by atoms with van der Waals surface area (Å²) in [6.07, 6.45) is -2.85. The lowest BCUT2D eigenvalue weighted by Gasteiger charge is -2.26. The van der Waals surface area contributed by atoms with E-state index >= 15 is 0 Å². The Balaban J connectivity index is 1.90. The topological polar surface area (TPSA) is 54.0 Å². The number of rotatable bonds is 8. The molecular weight excluding hydrogens is 453 g/mol. The fraction of sp³-hybridized carbons (Fsp3) is 0.280. The number of aryl methyl sites for hydroxylation is 2. The average molecular weight is 477 g/mol. The molecule has 0 bridgehead atoms. The van der Waals surface area contributed by atoms with Crippen LogP contribution in [0.25, 0.3) is 0 Å². The van der Waals surface area contributed by atoms with Crippen LogP contribution in [0.15, 0.2) is 60.8 Å². The van der Waals surface area contributed by atoms with Crippen molar-refractivity contribution in [3.8, 4) is 0 Å². The number of nitrogens with zero attached hydrogens (tertiary/aromatic N) is 1. The van der Waals surface area contributed by atoms with Crippen molar-refractivity contribution in [3.05, 3.63) is 100 Å². The third kappa shape index (κ3) is 6.38. The molecule has 0 radical (unpaired) electrons. The fourth-order valence-corrected chi connectivity index (χ4v) is 3.63. The molecule has 0 aliphatic carbocycles. The minimum absolute atomic E-state index is 0.266. The fourth-order valence-electron chi connectivity index (χ4n) is 3.63. The Morgan fingerprint density at radius 2 is 1.74 bits per heavy atom. The number of alkyl halides is 3. The molecule has 9 heteroatoms. The van der Waals surface area contributed by atoms with E-state index in [2.05, 4.69) is 15.6 Å². The minimum Gasteiger partial charge on any atom is -0.358 e. The van der Waals surface area contributed by atoms with Crippen molar-refractivity contribution >= 4 is 5.91 Å². The maximum Gasteiger partial charge on any atom is 0.433 e. The molecule has 0 saturated heterocycles. The number of amides is 1. The summed E-state index contributed by atoms with van der Waals surface area (Å²) >= 11 is 0. The number of pyridine rings is 1. The molecule has 1 heterocycles. The molecule has 0 aliphatic rings. The minimum atomic E-state index is -4.54. The van der Waals surface area contributed by atoms with Crippen LogP contribution < -0.4 is 10.6 Å². The van der Waals surface area contributed by atoms with E-state index in [1.54, 1.807) is 19.1 Å². The highest BCUT2D eigenvalue weighted by atomic mass is 19.4. The van der Waals surface area contributed by atoms with Gasteiger partial charge in [-0.1, -0.05) is 35.9 Å². The molecule has 1 amide bonds. The number of halogens is 5. The summed E-state index contributed by atoms with van der Waals surface area (Å²) in [5.74, 6) is -1.35. The summed E-state index contributed by atoms with van der Waals surface area (Å²) in [7, 11) is 1.46. The molecule has 2 N–H and O–H groups in total. The van der Waals surface area contributed by atoms with Crippen molar-refractivity contribution in [1.29, 1.82) is 0 Å². The van der Waals surface area contributed by atoms with Gasteiger partial charge in [-0.15, -0.1) is 0 Å². The van der Waals surface area contributed by atoms with Gasteiger partial charge in [-0.2, -0.15) is 13.2 Å². The number of nitrogens with one attached hydrogen (secondary N) is 2. The van der Waals surface area contributed by atoms with E-state index in [1.807, 2.05) is 0 Å². The summed E-state index contributed by atoms with van der Waals surface area (Å²) in [6.45, 7) is 1.80. The second kappa shape index (κ2) is 10.7. The Morgan fingerprint density at radius 3 is 2.32 bits per heavy atom. The summed E-state index contributed by atoms with van der Waals surface area (Å²) < 4.78 is 66.6. The maximum atomic E-state index is 14.8. The lowest BCUT2D eigenvalue weighted by Crippen LogP contribution is -2.38. The van der Waals surface area contributed by atoms with Crippen LogP contribution in [0.3, 0.4) is 0 Å². The zero-order valence-electron chi connectivity index (χ0n) is 18.6. The first-order chi connectivity index (χ1) is 16.1. The van der Waals surface area contributed by atoms with Gasteiger partial charge in [-0.25, -0.2) is 8.78 Å². The first kappa shape index (κ1) is 25.3. The number of carbonyl (C=O) groups is 1. The van der Waals surface area contributed by atoms with Gasteiger partial charge in [0.2, 0.25) is 5.91 Å². The number of likely N-dealkylation sites (N-methyl/N-ethyl adjacent to an activating group) is 1. The first-order valence-corrected chi connectivity index (χ1v) is 10.6. The highest BCUT2D eigenvalue weighted by Crippen LogP contribution is 2.29. The lowest BCUT2D eigenvalue weighted by atomic mass is 9.95. The first-order valence-electron chi connectivity index (χ1n) is 10.6. The van der Waals surface area contributed by atoms with Gasteiger partial charge >= 0.3 is 6.18 Å². The average Bonchev–Trinajstić information content (AvgIpc) is 2.81. The number of aromatic nitrogens is 1. The second-order valence-electron chi connectivity index (χ2n) is 7.93. The van der Waals surface area contributed by atoms with Crippen LogP contribution in [-0.2, 0) is 17.4 Å². The van der Waals surface area contributed by atoms with Gasteiger partial charge in [0.25, 0.3) is 0 Å². The normalized spacial score (nSPS) is 13.4. The number of hydrogen-bond donors (Lipinski definition) is 2. The molecule has 0 aliphatic heterocycles. The smallest absolute Gasteiger partial charge is 0.358 e. The van der Waals surface area contributed by atoms with E-state index < -0.39 is 41.5 Å². The number of benzene rings is 2. The van der Waals surface area contributed by atoms with Crippen molar-refractivity contribution in [2.45, 2.75) is 38.0 Å². The largest absolute Gasteiger partial charge is 0.433 e. The van der Waals surface area contributed by atoms with E-state index in [9.17, 15) is 26.7 Å². The van der Waals surface area contributed by atoms with E-state index in [0.717, 1.165) is 17.8 Å². The number of carbonyl (C=O) groups excluding carboxylic acids is 1. The van der Waals surface area contributed by atoms with Crippen molar-refractivity contribution < 1.29 is 26.7 Å². The Morgan fingerprint density at radius 1 is 1.03 bits per heavy atom. The summed E-state index contributed by atoms with van der Waals surface area (Å²) in [5.41, 5.74) is 1.14. The highest BCUT2D eigenvalue weighted by Gasteiger charge is 2.32. The van der Waals surface area contributed by atoms with Crippen molar-refractivity contribution in [1.82, 2.24) is 15.6 Å². The van der Waals surface area contributed by atoms with Gasteiger partial charge in [0.15, 0.2) is 0 Å². The van der Waals surface area contributed by atoms with Crippen LogP contribution in [0.5, 0.6) is 0 Å². The zero-order valence-corrected chi connectivity index (χ0v) is 18.6. The van der Waals surface area contributed by atoms with Gasteiger partial charge in [0.1, 0.15) is 23.4 Å². The van der Waals surface area contributed by atoms with Crippen LogP contribution in [0.2, 0.25) is 0 Å². The van der Waals surface area contributed by atoms with Crippen LogP contribution in [-0.4, -0.2) is 17.9 Å². The lowest BCUT2D eigenvalue weighted by molar-refractivity contribution is -0.141. The van der Waals surface area contributed by atoms with Gasteiger partial charge in [0.05, 0.1) is 0 Å². The Kier molecular flexibility index (Phi) is 7.98. The SMILES string of the molecule is CNC(=O)C(NC(CCc1ccc(C(F)(F)F)nc1)c1cc(C)ccc1F)c1ccc(F)cc1. The molecule has 3 rings (SSSR count). The van der Waals surface area contributed by atoms with Gasteiger partial charge < -0.3 is 5.32 Å². The third-order valence-corrected chi connectivity index (χ3v) is 5.44. The second-order valence-corrected chi connectivity index (χ2v) is 7.93. The molecule has 1 aromatic heterocycles. The van der Waals surface area contributed by atoms with Crippen LogP contribution in [0, 0.1) is 18.6 Å². The van der Waals surface area contributed by atoms with Gasteiger partial charge in [-0.3, -0.25) is 15.1 Å². The molecule has 0 saturated carbocycles. The van der Waals surface area contributed by atoms with Gasteiger partial charge in [-0.05, 0) is 55.2 Å². The molecule has 34 heavy (non-hydrogen) atoms. The van der Waals surface area contributed by atoms with Crippen LogP contribution >= 0.6 is 0 Å². The molecule has 0 fully saturated rings. The Bertz CT molecular complexity index is 1110. The van der Waals surface area contributed by atoms with E-state index in [1.165, 1.54) is 43.4 Å². The van der Waals surface area contributed by atoms with E-state index in [-0.39, 0.29) is 12.8 Å². The maximum absolute atomic E-state index is 14.8. The molecular formula is C25H24F5N3O. The molecule has 2 atom stereocenters. The van der Waals surface area contributed by atoms with Gasteiger partial charge in [0, 0.05) is 24.8 Å². The van der Waals surface area contributed by atoms with Crippen LogP contribution in [0.1, 0.15) is 46.5 Å². The molecule has 3 aromatic rings. The zero-order chi connectivity index (χ0) is 24.9. The summed E-state index contributed by atoms with van der Waals surface area (Å²) in [4.78, 5) is 16.1. The molecule has 2 unspecified atom stereocenters. The standard InChI is InChI=1S/C25H24F5N3O/c1-15-3-10-20(27)19(13-15)21(11-4-16-5-12-22(32-14-16)25(28,29)30)33-23(24(34)31-2)17-6-8-18(26)9-7-17/h3,5-10,12-14,21,23,33H,4,11H2,1-2H3,(H,31,34). The van der Waals surface area contributed by atoms with E-state index in [0.29, 0.717) is 16.7 Å². The molecule has 180 valence electrons. The Labute approximate surface area is 194 Å². The molecule has 4 nitrogen and oxygen atoms in total. The highest BCUT2D eigenvalue weighted by molar-refractivity contribution is 5.83. The quantitative estimate of drug-likeness (QED) is 0.425. The Hall–Kier alpha value is -3.33. The van der Waals surface area contributed by atoms with E-state index in [4.69, 9.17) is 0 Å². The van der Waals surface area contributed by atoms with Crippen molar-refractivity contribution in [2.75, 3.05) is 7.05 Å². The molecule has 2 aromatic carbocycles. The number of hydrogen-bond acceptors (Lipinski definition) is 3. The molecule has 0 spiro atoms. The third-order valence-electron chi connectivity index (χ3n) is 5.44.